The van der Waals surface area contributed by atoms with Crippen LogP contribution < -0.4 is 33.2 Å². The second kappa shape index (κ2) is 13.7. The molecule has 0 aliphatic heterocycles. The van der Waals surface area contributed by atoms with E-state index in [9.17, 15) is 28.8 Å². The van der Waals surface area contributed by atoms with E-state index in [1.165, 1.54) is 0 Å². The van der Waals surface area contributed by atoms with Crippen LogP contribution in [0.2, 0.25) is 0 Å². The molecule has 0 saturated carbocycles. The molecule has 0 bridgehead atoms. The van der Waals surface area contributed by atoms with Crippen molar-refractivity contribution in [1.82, 2.24) is 16.0 Å². The van der Waals surface area contributed by atoms with Crippen LogP contribution >= 0.6 is 25.3 Å². The van der Waals surface area contributed by atoms with E-state index in [-0.39, 0.29) is 24.3 Å². The molecule has 4 atom stereocenters. The van der Waals surface area contributed by atoms with Crippen molar-refractivity contribution in [2.45, 2.75) is 43.4 Å². The van der Waals surface area contributed by atoms with E-state index >= 15 is 0 Å². The zero-order valence-electron chi connectivity index (χ0n) is 15.9. The Kier molecular flexibility index (Phi) is 12.5. The van der Waals surface area contributed by atoms with Gasteiger partial charge in [-0.05, 0) is 6.42 Å². The van der Waals surface area contributed by atoms with Crippen LogP contribution in [0.5, 0.6) is 0 Å². The Labute approximate surface area is 183 Å². The average Bonchev–Trinajstić information content (AvgIpc) is 2.66. The maximum absolute atomic E-state index is 12.6. The van der Waals surface area contributed by atoms with Crippen molar-refractivity contribution in [3.8, 4) is 0 Å². The van der Waals surface area contributed by atoms with Gasteiger partial charge in [-0.3, -0.25) is 24.0 Å². The molecule has 0 aromatic carbocycles. The summed E-state index contributed by atoms with van der Waals surface area (Å²) in [6.07, 6.45) is -1.14. The van der Waals surface area contributed by atoms with Crippen molar-refractivity contribution < 1.29 is 33.9 Å². The van der Waals surface area contributed by atoms with E-state index < -0.39 is 66.1 Å². The molecule has 0 unspecified atom stereocenters. The third kappa shape index (κ3) is 10.3. The van der Waals surface area contributed by atoms with Crippen LogP contribution in [0.15, 0.2) is 0 Å². The van der Waals surface area contributed by atoms with Crippen LogP contribution in [-0.2, 0) is 28.8 Å². The number of carboxylic acid groups (broad SMARTS) is 1. The van der Waals surface area contributed by atoms with Crippen molar-refractivity contribution in [1.29, 1.82) is 0 Å². The molecule has 0 heterocycles. The standard InChI is InChI=1S/C15H26N6O7S2/c16-6(4-29)12(24)19-7(1-2-10(17)22)13(25)20-8(3-11(18)23)14(26)21-9(5-30)15(27)28/h6-9,29-30H,1-5,16H2,(H2,17,22)(H2,18,23)(H,19,24)(H,20,25)(H,21,26)(H,27,28)/t6-,7-,8-,9-/m0/s1. The molecule has 0 fully saturated rings. The number of thiol groups is 2. The fraction of sp³-hybridized carbons (Fsp3) is 0.600. The zero-order valence-corrected chi connectivity index (χ0v) is 17.7. The summed E-state index contributed by atoms with van der Waals surface area (Å²) in [7, 11) is 0. The first-order chi connectivity index (χ1) is 13.9. The minimum atomic E-state index is -1.54. The number of rotatable bonds is 14. The average molecular weight is 467 g/mol. The van der Waals surface area contributed by atoms with Gasteiger partial charge in [0.1, 0.15) is 18.1 Å². The maximum Gasteiger partial charge on any atom is 0.327 e. The lowest BCUT2D eigenvalue weighted by atomic mass is 10.1. The lowest BCUT2D eigenvalue weighted by molar-refractivity contribution is -0.141. The lowest BCUT2D eigenvalue weighted by Gasteiger charge is -2.24. The number of nitrogens with two attached hydrogens (primary N) is 3. The van der Waals surface area contributed by atoms with Gasteiger partial charge in [0.2, 0.25) is 29.5 Å². The minimum Gasteiger partial charge on any atom is -0.480 e. The van der Waals surface area contributed by atoms with E-state index in [2.05, 4.69) is 41.2 Å². The van der Waals surface area contributed by atoms with Crippen LogP contribution in [0, 0.1) is 0 Å². The van der Waals surface area contributed by atoms with E-state index in [0.717, 1.165) is 0 Å². The Morgan fingerprint density at radius 1 is 0.767 bits per heavy atom. The minimum absolute atomic E-state index is 0.0248. The normalized spacial score (nSPS) is 14.5. The predicted octanol–water partition coefficient (Wildman–Crippen LogP) is -4.15. The van der Waals surface area contributed by atoms with Gasteiger partial charge >= 0.3 is 5.97 Å². The van der Waals surface area contributed by atoms with Gasteiger partial charge in [0.25, 0.3) is 0 Å². The molecule has 15 heteroatoms. The Hall–Kier alpha value is -2.52. The summed E-state index contributed by atoms with van der Waals surface area (Å²) in [5.74, 6) is -6.04. The smallest absolute Gasteiger partial charge is 0.327 e. The van der Waals surface area contributed by atoms with Crippen LogP contribution in [0.4, 0.5) is 0 Å². The Bertz CT molecular complexity index is 678. The predicted molar refractivity (Wildman–Crippen MR) is 111 cm³/mol. The topological polar surface area (TPSA) is 237 Å². The molecule has 0 aromatic rings. The number of nitrogens with one attached hydrogen (secondary N) is 3. The third-order valence-electron chi connectivity index (χ3n) is 3.68. The Morgan fingerprint density at radius 3 is 1.70 bits per heavy atom. The molecule has 0 aliphatic rings. The largest absolute Gasteiger partial charge is 0.480 e. The van der Waals surface area contributed by atoms with E-state index in [0.29, 0.717) is 0 Å². The quantitative estimate of drug-likeness (QED) is 0.114. The third-order valence-corrected chi connectivity index (χ3v) is 4.44. The summed E-state index contributed by atoms with van der Waals surface area (Å²) in [4.78, 5) is 70.3. The maximum atomic E-state index is 12.6. The van der Waals surface area contributed by atoms with Gasteiger partial charge in [0.15, 0.2) is 0 Å². The van der Waals surface area contributed by atoms with Crippen molar-refractivity contribution in [2.24, 2.45) is 17.2 Å². The fourth-order valence-corrected chi connectivity index (χ4v) is 2.47. The number of primary amides is 2. The molecule has 5 amide bonds. The number of hydrogen-bond acceptors (Lipinski definition) is 9. The SMILES string of the molecule is NC(=O)CC[C@H](NC(=O)[C@@H](N)CS)C(=O)N[C@@H](CC(N)=O)C(=O)N[C@@H](CS)C(=O)O. The number of carboxylic acids is 1. The molecule has 0 saturated heterocycles. The first kappa shape index (κ1) is 27.5. The molecule has 10 N–H and O–H groups in total. The highest BCUT2D eigenvalue weighted by Crippen LogP contribution is 2.02. The molecular weight excluding hydrogens is 440 g/mol. The van der Waals surface area contributed by atoms with Crippen molar-refractivity contribution in [3.63, 3.8) is 0 Å². The molecule has 0 rings (SSSR count). The second-order valence-electron chi connectivity index (χ2n) is 6.17. The molecule has 0 aromatic heterocycles. The molecule has 13 nitrogen and oxygen atoms in total. The van der Waals surface area contributed by atoms with Gasteiger partial charge in [-0.15, -0.1) is 0 Å². The first-order valence-electron chi connectivity index (χ1n) is 8.60. The van der Waals surface area contributed by atoms with E-state index in [4.69, 9.17) is 22.3 Å². The van der Waals surface area contributed by atoms with Crippen LogP contribution in [0.3, 0.4) is 0 Å². The monoisotopic (exact) mass is 466 g/mol. The van der Waals surface area contributed by atoms with Crippen LogP contribution in [0.25, 0.3) is 0 Å². The van der Waals surface area contributed by atoms with Crippen molar-refractivity contribution in [3.05, 3.63) is 0 Å². The summed E-state index contributed by atoms with van der Waals surface area (Å²) >= 11 is 7.67. The molecule has 0 spiro atoms. The summed E-state index contributed by atoms with van der Waals surface area (Å²) in [6, 6.07) is -5.29. The zero-order chi connectivity index (χ0) is 23.4. The van der Waals surface area contributed by atoms with Gasteiger partial charge < -0.3 is 38.3 Å². The fourth-order valence-electron chi connectivity index (χ4n) is 2.06. The number of hydrogen-bond donors (Lipinski definition) is 9. The lowest BCUT2D eigenvalue weighted by Crippen LogP contribution is -2.58. The van der Waals surface area contributed by atoms with Crippen LogP contribution in [0.1, 0.15) is 19.3 Å². The van der Waals surface area contributed by atoms with Gasteiger partial charge in [0, 0.05) is 17.9 Å². The van der Waals surface area contributed by atoms with Gasteiger partial charge in [0.05, 0.1) is 12.5 Å². The Balaban J connectivity index is 5.44. The number of amides is 5. The highest BCUT2D eigenvalue weighted by molar-refractivity contribution is 7.80. The number of carbonyl (C=O) groups excluding carboxylic acids is 5. The number of carbonyl (C=O) groups is 6. The van der Waals surface area contributed by atoms with Crippen molar-refractivity contribution in [2.75, 3.05) is 11.5 Å². The highest BCUT2D eigenvalue weighted by atomic mass is 32.1. The van der Waals surface area contributed by atoms with Crippen molar-refractivity contribution >= 4 is 60.8 Å². The second-order valence-corrected chi connectivity index (χ2v) is 6.90. The molecule has 170 valence electrons. The number of aliphatic carboxylic acids is 1. The first-order valence-corrected chi connectivity index (χ1v) is 9.87. The summed E-state index contributed by atoms with van der Waals surface area (Å²) in [6.45, 7) is 0. The summed E-state index contributed by atoms with van der Waals surface area (Å²) < 4.78 is 0. The molecule has 30 heavy (non-hydrogen) atoms. The molecular formula is C15H26N6O7S2. The van der Waals surface area contributed by atoms with Gasteiger partial charge in [-0.1, -0.05) is 0 Å². The molecule has 0 aliphatic carbocycles. The van der Waals surface area contributed by atoms with E-state index in [1.54, 1.807) is 0 Å². The molecule has 0 radical (unpaired) electrons. The van der Waals surface area contributed by atoms with E-state index in [1.807, 2.05) is 0 Å². The van der Waals surface area contributed by atoms with Gasteiger partial charge in [-0.25, -0.2) is 4.79 Å². The van der Waals surface area contributed by atoms with Gasteiger partial charge in [-0.2, -0.15) is 25.3 Å². The summed E-state index contributed by atoms with van der Waals surface area (Å²) in [5.41, 5.74) is 15.7. The van der Waals surface area contributed by atoms with Crippen LogP contribution in [-0.4, -0.2) is 76.3 Å². The Morgan fingerprint density at radius 2 is 1.27 bits per heavy atom. The highest BCUT2D eigenvalue weighted by Gasteiger charge is 2.30. The summed E-state index contributed by atoms with van der Waals surface area (Å²) in [5, 5.41) is 15.6.